The van der Waals surface area contributed by atoms with Crippen molar-refractivity contribution in [3.05, 3.63) is 95.1 Å². The van der Waals surface area contributed by atoms with E-state index in [2.05, 4.69) is 30.3 Å². The van der Waals surface area contributed by atoms with E-state index in [-0.39, 0.29) is 17.9 Å². The molecule has 0 spiro atoms. The molecule has 38 heavy (non-hydrogen) atoms. The van der Waals surface area contributed by atoms with Crippen molar-refractivity contribution in [2.45, 2.75) is 26.0 Å². The Morgan fingerprint density at radius 2 is 1.68 bits per heavy atom. The second-order valence-corrected chi connectivity index (χ2v) is 8.58. The molecule has 5 rings (SSSR count). The minimum atomic E-state index is -4.82. The number of rotatable bonds is 7. The molecule has 0 unspecified atom stereocenters. The first-order chi connectivity index (χ1) is 18.3. The topological polar surface area (TPSA) is 92.3 Å². The number of halogens is 3. The Morgan fingerprint density at radius 1 is 0.947 bits per heavy atom. The third kappa shape index (κ3) is 5.66. The summed E-state index contributed by atoms with van der Waals surface area (Å²) in [5, 5.41) is 5.65. The average molecular weight is 521 g/mol. The summed E-state index contributed by atoms with van der Waals surface area (Å²) in [7, 11) is 1.74. The number of para-hydroxylation sites is 1. The number of ether oxygens (including phenoxy) is 1. The first-order valence-electron chi connectivity index (χ1n) is 11.8. The smallest absolute Gasteiger partial charge is 0.405 e. The van der Waals surface area contributed by atoms with E-state index in [1.165, 1.54) is 18.2 Å². The van der Waals surface area contributed by atoms with Crippen molar-refractivity contribution in [3.63, 3.8) is 0 Å². The lowest BCUT2D eigenvalue weighted by Crippen LogP contribution is -2.24. The van der Waals surface area contributed by atoms with E-state index in [0.717, 1.165) is 16.7 Å². The van der Waals surface area contributed by atoms with E-state index in [0.29, 0.717) is 36.4 Å². The standard InChI is InChI=1S/C27H23F3N6O2/c1-31-25-33-23(17-7-3-2-4-8-17)34-26(35-25)36-15-20-12-11-18(13-21(20)16-36)24(37)32-14-19-9-5-6-10-22(19)38-27(28,29)30/h2-13H,14-16H2,1H3,(H,32,37)(H,31,33,34,35). The number of amides is 1. The van der Waals surface area contributed by atoms with Gasteiger partial charge in [-0.15, -0.1) is 13.2 Å². The summed E-state index contributed by atoms with van der Waals surface area (Å²) in [5.74, 6) is 0.743. The first-order valence-corrected chi connectivity index (χ1v) is 11.8. The summed E-state index contributed by atoms with van der Waals surface area (Å²) in [4.78, 5) is 28.5. The number of alkyl halides is 3. The Morgan fingerprint density at radius 3 is 2.45 bits per heavy atom. The van der Waals surface area contributed by atoms with Gasteiger partial charge in [0.25, 0.3) is 5.91 Å². The number of aromatic nitrogens is 3. The lowest BCUT2D eigenvalue weighted by atomic mass is 10.1. The van der Waals surface area contributed by atoms with Crippen LogP contribution in [0.2, 0.25) is 0 Å². The molecule has 2 N–H and O–H groups in total. The van der Waals surface area contributed by atoms with E-state index >= 15 is 0 Å². The minimum absolute atomic E-state index is 0.117. The maximum absolute atomic E-state index is 12.8. The van der Waals surface area contributed by atoms with E-state index in [1.807, 2.05) is 41.3 Å². The molecule has 1 amide bonds. The normalized spacial score (nSPS) is 12.7. The van der Waals surface area contributed by atoms with Crippen molar-refractivity contribution < 1.29 is 22.7 Å². The number of fused-ring (bicyclic) bond motifs is 1. The van der Waals surface area contributed by atoms with Gasteiger partial charge in [0.1, 0.15) is 5.75 Å². The van der Waals surface area contributed by atoms with Crippen LogP contribution in [0.4, 0.5) is 25.1 Å². The van der Waals surface area contributed by atoms with Gasteiger partial charge in [-0.3, -0.25) is 4.79 Å². The quantitative estimate of drug-likeness (QED) is 0.357. The molecule has 11 heteroatoms. The molecule has 1 aromatic heterocycles. The van der Waals surface area contributed by atoms with Crippen LogP contribution in [0.5, 0.6) is 5.75 Å². The van der Waals surface area contributed by atoms with Crippen LogP contribution in [-0.2, 0) is 19.6 Å². The van der Waals surface area contributed by atoms with Crippen molar-refractivity contribution in [2.75, 3.05) is 17.3 Å². The summed E-state index contributed by atoms with van der Waals surface area (Å²) < 4.78 is 42.1. The number of nitrogens with one attached hydrogen (secondary N) is 2. The maximum atomic E-state index is 12.8. The SMILES string of the molecule is CNc1nc(-c2ccccc2)nc(N2Cc3ccc(C(=O)NCc4ccccc4OC(F)(F)F)cc3C2)n1. The number of hydrogen-bond donors (Lipinski definition) is 2. The predicted molar refractivity (Wildman–Crippen MR) is 135 cm³/mol. The number of anilines is 2. The fourth-order valence-corrected chi connectivity index (χ4v) is 4.16. The number of carbonyl (C=O) groups excluding carboxylic acids is 1. The van der Waals surface area contributed by atoms with Crippen molar-refractivity contribution in [1.29, 1.82) is 0 Å². The van der Waals surface area contributed by atoms with E-state index in [4.69, 9.17) is 0 Å². The molecule has 1 aliphatic heterocycles. The molecule has 1 aliphatic rings. The van der Waals surface area contributed by atoms with Crippen LogP contribution >= 0.6 is 0 Å². The molecule has 2 heterocycles. The van der Waals surface area contributed by atoms with Gasteiger partial charge in [-0.05, 0) is 29.3 Å². The van der Waals surface area contributed by atoms with Gasteiger partial charge in [0.15, 0.2) is 5.82 Å². The maximum Gasteiger partial charge on any atom is 0.573 e. The molecule has 3 aromatic carbocycles. The van der Waals surface area contributed by atoms with Crippen molar-refractivity contribution in [2.24, 2.45) is 0 Å². The number of carbonyl (C=O) groups is 1. The average Bonchev–Trinajstić information content (AvgIpc) is 3.35. The van der Waals surface area contributed by atoms with Crippen LogP contribution in [0.15, 0.2) is 72.8 Å². The molecular formula is C27H23F3N6O2. The first kappa shape index (κ1) is 25.0. The second-order valence-electron chi connectivity index (χ2n) is 8.58. The Labute approximate surface area is 216 Å². The largest absolute Gasteiger partial charge is 0.573 e. The highest BCUT2D eigenvalue weighted by Gasteiger charge is 2.32. The second kappa shape index (κ2) is 10.4. The van der Waals surface area contributed by atoms with Gasteiger partial charge in [-0.2, -0.15) is 15.0 Å². The lowest BCUT2D eigenvalue weighted by molar-refractivity contribution is -0.274. The van der Waals surface area contributed by atoms with E-state index in [1.54, 1.807) is 25.2 Å². The van der Waals surface area contributed by atoms with Gasteiger partial charge in [0.05, 0.1) is 0 Å². The molecule has 0 radical (unpaired) electrons. The Bertz CT molecular complexity index is 1460. The molecule has 0 saturated carbocycles. The van der Waals surface area contributed by atoms with Crippen LogP contribution in [0.3, 0.4) is 0 Å². The number of nitrogens with zero attached hydrogens (tertiary/aromatic N) is 4. The molecular weight excluding hydrogens is 497 g/mol. The Kier molecular flexibility index (Phi) is 6.82. The number of hydrogen-bond acceptors (Lipinski definition) is 7. The number of benzene rings is 3. The fourth-order valence-electron chi connectivity index (χ4n) is 4.16. The van der Waals surface area contributed by atoms with Crippen LogP contribution in [-0.4, -0.2) is 34.3 Å². The van der Waals surface area contributed by atoms with Gasteiger partial charge in [-0.25, -0.2) is 0 Å². The van der Waals surface area contributed by atoms with Gasteiger partial charge < -0.3 is 20.3 Å². The Balaban J connectivity index is 1.30. The Hall–Kier alpha value is -4.67. The molecule has 4 aromatic rings. The summed E-state index contributed by atoms with van der Waals surface area (Å²) in [6.07, 6.45) is -4.82. The molecule has 8 nitrogen and oxygen atoms in total. The molecule has 0 aliphatic carbocycles. The highest BCUT2D eigenvalue weighted by Crippen LogP contribution is 2.29. The summed E-state index contributed by atoms with van der Waals surface area (Å²) >= 11 is 0. The van der Waals surface area contributed by atoms with Gasteiger partial charge in [-0.1, -0.05) is 54.6 Å². The monoisotopic (exact) mass is 520 g/mol. The third-order valence-corrected chi connectivity index (χ3v) is 5.99. The highest BCUT2D eigenvalue weighted by atomic mass is 19.4. The minimum Gasteiger partial charge on any atom is -0.405 e. The van der Waals surface area contributed by atoms with Crippen molar-refractivity contribution in [1.82, 2.24) is 20.3 Å². The zero-order valence-electron chi connectivity index (χ0n) is 20.3. The summed E-state index contributed by atoms with van der Waals surface area (Å²) in [6, 6.07) is 20.6. The molecule has 194 valence electrons. The highest BCUT2D eigenvalue weighted by molar-refractivity contribution is 5.94. The molecule has 0 atom stereocenters. The molecule has 0 fully saturated rings. The van der Waals surface area contributed by atoms with E-state index < -0.39 is 12.3 Å². The van der Waals surface area contributed by atoms with Crippen LogP contribution < -0.4 is 20.3 Å². The fraction of sp³-hybridized carbons (Fsp3) is 0.185. The van der Waals surface area contributed by atoms with Crippen LogP contribution in [0, 0.1) is 0 Å². The van der Waals surface area contributed by atoms with Gasteiger partial charge >= 0.3 is 6.36 Å². The molecule has 0 bridgehead atoms. The van der Waals surface area contributed by atoms with Crippen molar-refractivity contribution in [3.8, 4) is 17.1 Å². The van der Waals surface area contributed by atoms with Gasteiger partial charge in [0.2, 0.25) is 11.9 Å². The zero-order chi connectivity index (χ0) is 26.7. The lowest BCUT2D eigenvalue weighted by Gasteiger charge is -2.16. The molecule has 0 saturated heterocycles. The predicted octanol–water partition coefficient (Wildman–Crippen LogP) is 4.93. The van der Waals surface area contributed by atoms with Crippen LogP contribution in [0.1, 0.15) is 27.0 Å². The zero-order valence-corrected chi connectivity index (χ0v) is 20.3. The summed E-state index contributed by atoms with van der Waals surface area (Å²) in [6.45, 7) is 0.926. The van der Waals surface area contributed by atoms with Crippen LogP contribution in [0.25, 0.3) is 11.4 Å². The summed E-state index contributed by atoms with van der Waals surface area (Å²) in [5.41, 5.74) is 3.45. The van der Waals surface area contributed by atoms with E-state index in [9.17, 15) is 18.0 Å². The van der Waals surface area contributed by atoms with Crippen molar-refractivity contribution >= 4 is 17.8 Å². The van der Waals surface area contributed by atoms with Gasteiger partial charge in [0, 0.05) is 43.4 Å². The third-order valence-electron chi connectivity index (χ3n) is 5.99.